The first-order valence-electron chi connectivity index (χ1n) is 7.68. The average Bonchev–Trinajstić information content (AvgIpc) is 3.03. The van der Waals surface area contributed by atoms with E-state index in [1.165, 1.54) is 16.9 Å². The number of aromatic nitrogens is 2. The number of fused-ring (bicyclic) bond motifs is 2. The van der Waals surface area contributed by atoms with E-state index >= 15 is 0 Å². The lowest BCUT2D eigenvalue weighted by atomic mass is 9.93. The van der Waals surface area contributed by atoms with Crippen molar-refractivity contribution in [3.8, 4) is 0 Å². The Kier molecular flexibility index (Phi) is 3.66. The van der Waals surface area contributed by atoms with Crippen LogP contribution >= 0.6 is 11.3 Å². The van der Waals surface area contributed by atoms with E-state index in [4.69, 9.17) is 5.73 Å². The highest BCUT2D eigenvalue weighted by Gasteiger charge is 2.30. The van der Waals surface area contributed by atoms with Crippen LogP contribution in [-0.2, 0) is 24.3 Å². The zero-order valence-electron chi connectivity index (χ0n) is 12.9. The minimum atomic E-state index is -0.400. The van der Waals surface area contributed by atoms with Gasteiger partial charge in [-0.15, -0.1) is 11.3 Å². The minimum absolute atomic E-state index is 0.141. The molecule has 122 valence electrons. The molecule has 1 atom stereocenters. The molecule has 1 aromatic carbocycles. The number of amides is 1. The summed E-state index contributed by atoms with van der Waals surface area (Å²) in [6.07, 6.45) is 0.580. The second-order valence-corrected chi connectivity index (χ2v) is 6.86. The van der Waals surface area contributed by atoms with E-state index in [0.29, 0.717) is 35.6 Å². The second kappa shape index (κ2) is 5.85. The van der Waals surface area contributed by atoms with Crippen molar-refractivity contribution >= 4 is 27.5 Å². The molecule has 0 saturated carbocycles. The van der Waals surface area contributed by atoms with E-state index in [0.717, 1.165) is 5.56 Å². The first-order valence-corrected chi connectivity index (χ1v) is 8.56. The van der Waals surface area contributed by atoms with Gasteiger partial charge < -0.3 is 10.7 Å². The first kappa shape index (κ1) is 15.0. The van der Waals surface area contributed by atoms with Crippen LogP contribution in [0.15, 0.2) is 40.5 Å². The van der Waals surface area contributed by atoms with Crippen molar-refractivity contribution in [1.82, 2.24) is 14.9 Å². The van der Waals surface area contributed by atoms with Gasteiger partial charge in [-0.25, -0.2) is 4.98 Å². The standard InChI is InChI=1S/C17H16N4O2S/c18-16(22)13-7-10-3-1-2-4-11(10)8-21(13)9-14-19-12-5-6-24-15(12)17(23)20-14/h1-6,13H,7-9H2,(H2,18,22)(H,19,20,23)/t13-/m0/s1. The van der Waals surface area contributed by atoms with Crippen LogP contribution in [0.4, 0.5) is 0 Å². The summed E-state index contributed by atoms with van der Waals surface area (Å²) in [6.45, 7) is 0.984. The lowest BCUT2D eigenvalue weighted by molar-refractivity contribution is -0.124. The number of aromatic amines is 1. The van der Waals surface area contributed by atoms with E-state index in [1.54, 1.807) is 0 Å². The lowest BCUT2D eigenvalue weighted by Gasteiger charge is -2.34. The van der Waals surface area contributed by atoms with E-state index in [9.17, 15) is 9.59 Å². The molecular weight excluding hydrogens is 324 g/mol. The molecule has 7 heteroatoms. The van der Waals surface area contributed by atoms with Gasteiger partial charge in [0.1, 0.15) is 10.5 Å². The molecule has 4 rings (SSSR count). The molecule has 6 nitrogen and oxygen atoms in total. The van der Waals surface area contributed by atoms with Gasteiger partial charge in [-0.1, -0.05) is 24.3 Å². The highest BCUT2D eigenvalue weighted by Crippen LogP contribution is 2.24. The third kappa shape index (κ3) is 2.61. The maximum Gasteiger partial charge on any atom is 0.268 e. The van der Waals surface area contributed by atoms with Crippen LogP contribution in [0.1, 0.15) is 17.0 Å². The number of rotatable bonds is 3. The Morgan fingerprint density at radius 2 is 2.12 bits per heavy atom. The number of nitrogens with two attached hydrogens (primary N) is 1. The predicted octanol–water partition coefficient (Wildman–Crippen LogP) is 1.40. The van der Waals surface area contributed by atoms with E-state index in [1.807, 2.05) is 34.5 Å². The number of thiophene rings is 1. The van der Waals surface area contributed by atoms with Crippen molar-refractivity contribution in [3.05, 3.63) is 63.0 Å². The summed E-state index contributed by atoms with van der Waals surface area (Å²) in [6, 6.07) is 9.46. The highest BCUT2D eigenvalue weighted by atomic mass is 32.1. The Bertz CT molecular complexity index is 978. The quantitative estimate of drug-likeness (QED) is 0.754. The summed E-state index contributed by atoms with van der Waals surface area (Å²) in [5.74, 6) is 0.194. The number of nitrogens with one attached hydrogen (secondary N) is 1. The monoisotopic (exact) mass is 340 g/mol. The Morgan fingerprint density at radius 1 is 1.33 bits per heavy atom. The van der Waals surface area contributed by atoms with Crippen molar-refractivity contribution in [2.24, 2.45) is 5.73 Å². The van der Waals surface area contributed by atoms with Gasteiger partial charge in [0.15, 0.2) is 0 Å². The fourth-order valence-corrected chi connectivity index (χ4v) is 3.94. The summed E-state index contributed by atoms with van der Waals surface area (Å²) in [5, 5.41) is 1.85. The van der Waals surface area contributed by atoms with Gasteiger partial charge in [0.25, 0.3) is 5.56 Å². The van der Waals surface area contributed by atoms with E-state index < -0.39 is 6.04 Å². The van der Waals surface area contributed by atoms with Crippen LogP contribution in [0.25, 0.3) is 10.2 Å². The van der Waals surface area contributed by atoms with Gasteiger partial charge in [0.05, 0.1) is 18.1 Å². The van der Waals surface area contributed by atoms with Crippen LogP contribution in [-0.4, -0.2) is 26.8 Å². The van der Waals surface area contributed by atoms with Crippen molar-refractivity contribution in [2.75, 3.05) is 0 Å². The SMILES string of the molecule is NC(=O)[C@@H]1Cc2ccccc2CN1Cc1nc2ccsc2c(=O)[nH]1. The van der Waals surface area contributed by atoms with E-state index in [-0.39, 0.29) is 11.5 Å². The molecule has 24 heavy (non-hydrogen) atoms. The van der Waals surface area contributed by atoms with Crippen LogP contribution in [0, 0.1) is 0 Å². The third-order valence-corrected chi connectivity index (χ3v) is 5.29. The Labute approximate surface area is 141 Å². The third-order valence-electron chi connectivity index (χ3n) is 4.39. The summed E-state index contributed by atoms with van der Waals surface area (Å²) >= 11 is 1.37. The van der Waals surface area contributed by atoms with Gasteiger partial charge in [-0.05, 0) is 29.0 Å². The molecule has 0 spiro atoms. The van der Waals surface area contributed by atoms with Gasteiger partial charge >= 0.3 is 0 Å². The molecule has 0 aliphatic carbocycles. The van der Waals surface area contributed by atoms with Gasteiger partial charge in [-0.3, -0.25) is 14.5 Å². The molecule has 3 heterocycles. The molecule has 1 amide bonds. The maximum absolute atomic E-state index is 12.1. The fraction of sp³-hybridized carbons (Fsp3) is 0.235. The summed E-state index contributed by atoms with van der Waals surface area (Å²) < 4.78 is 0.620. The Balaban J connectivity index is 1.68. The Morgan fingerprint density at radius 3 is 2.92 bits per heavy atom. The second-order valence-electron chi connectivity index (χ2n) is 5.94. The molecule has 1 aliphatic heterocycles. The van der Waals surface area contributed by atoms with Crippen molar-refractivity contribution in [3.63, 3.8) is 0 Å². The number of nitrogens with zero attached hydrogens (tertiary/aromatic N) is 2. The molecule has 1 aliphatic rings. The van der Waals surface area contributed by atoms with E-state index in [2.05, 4.69) is 16.0 Å². The van der Waals surface area contributed by atoms with Gasteiger partial charge in [-0.2, -0.15) is 0 Å². The molecule has 0 saturated heterocycles. The summed E-state index contributed by atoms with van der Waals surface area (Å²) in [5.41, 5.74) is 8.47. The van der Waals surface area contributed by atoms with Crippen molar-refractivity contribution < 1.29 is 4.79 Å². The number of carbonyl (C=O) groups is 1. The highest BCUT2D eigenvalue weighted by molar-refractivity contribution is 7.17. The topological polar surface area (TPSA) is 92.1 Å². The summed E-state index contributed by atoms with van der Waals surface area (Å²) in [7, 11) is 0. The Hall–Kier alpha value is -2.51. The fourth-order valence-electron chi connectivity index (χ4n) is 3.21. The molecular formula is C17H16N4O2S. The summed E-state index contributed by atoms with van der Waals surface area (Å²) in [4.78, 5) is 33.3. The molecule has 0 radical (unpaired) electrons. The molecule has 0 fully saturated rings. The molecule has 3 aromatic rings. The molecule has 0 bridgehead atoms. The average molecular weight is 340 g/mol. The predicted molar refractivity (Wildman–Crippen MR) is 92.6 cm³/mol. The molecule has 3 N–H and O–H groups in total. The smallest absolute Gasteiger partial charge is 0.268 e. The number of carbonyl (C=O) groups excluding carboxylic acids is 1. The number of hydrogen-bond donors (Lipinski definition) is 2. The normalized spacial score (nSPS) is 17.8. The lowest BCUT2D eigenvalue weighted by Crippen LogP contribution is -2.48. The van der Waals surface area contributed by atoms with Crippen molar-refractivity contribution in [2.45, 2.75) is 25.6 Å². The number of primary amides is 1. The molecule has 0 unspecified atom stereocenters. The van der Waals surface area contributed by atoms with Crippen LogP contribution in [0.5, 0.6) is 0 Å². The maximum atomic E-state index is 12.1. The zero-order chi connectivity index (χ0) is 16.7. The number of benzene rings is 1. The molecule has 2 aromatic heterocycles. The largest absolute Gasteiger partial charge is 0.368 e. The van der Waals surface area contributed by atoms with Gasteiger partial charge in [0, 0.05) is 6.54 Å². The van der Waals surface area contributed by atoms with Crippen molar-refractivity contribution in [1.29, 1.82) is 0 Å². The van der Waals surface area contributed by atoms with Crippen LogP contribution < -0.4 is 11.3 Å². The first-order chi connectivity index (χ1) is 11.6. The zero-order valence-corrected chi connectivity index (χ0v) is 13.7. The van der Waals surface area contributed by atoms with Crippen LogP contribution in [0.2, 0.25) is 0 Å². The van der Waals surface area contributed by atoms with Gasteiger partial charge in [0.2, 0.25) is 5.91 Å². The van der Waals surface area contributed by atoms with Crippen LogP contribution in [0.3, 0.4) is 0 Å². The minimum Gasteiger partial charge on any atom is -0.368 e. The number of H-pyrrole nitrogens is 1. The number of hydrogen-bond acceptors (Lipinski definition) is 5.